The number of hydrogen-bond donors (Lipinski definition) is 0. The Balaban J connectivity index is 4.26. The molecule has 1 atom stereocenters. The maximum absolute atomic E-state index is 7.05. The van der Waals surface area contributed by atoms with Gasteiger partial charge in [-0.15, -0.1) is 6.58 Å². The molecule has 0 heterocycles. The Morgan fingerprint density at radius 1 is 1.50 bits per heavy atom. The van der Waals surface area contributed by atoms with Crippen LogP contribution in [0.4, 0.5) is 0 Å². The van der Waals surface area contributed by atoms with Gasteiger partial charge >= 0.3 is 0 Å². The van der Waals surface area contributed by atoms with Crippen LogP contribution < -0.4 is 0 Å². The van der Waals surface area contributed by atoms with Crippen LogP contribution in [0.15, 0.2) is 24.3 Å². The zero-order valence-corrected chi connectivity index (χ0v) is 8.22. The standard InChI is InChI=1S/C11H17N/c1-6-8-11(4,12-5)9-7-10(2)3/h6-7H,1,8-9H2,2-4H3. The van der Waals surface area contributed by atoms with Gasteiger partial charge in [0.2, 0.25) is 5.54 Å². The molecule has 0 fully saturated rings. The molecule has 1 unspecified atom stereocenters. The summed E-state index contributed by atoms with van der Waals surface area (Å²) in [6.07, 6.45) is 5.52. The summed E-state index contributed by atoms with van der Waals surface area (Å²) in [6.45, 7) is 16.8. The van der Waals surface area contributed by atoms with Gasteiger partial charge in [0.15, 0.2) is 0 Å². The highest BCUT2D eigenvalue weighted by molar-refractivity contribution is 5.06. The van der Waals surface area contributed by atoms with Gasteiger partial charge in [-0.25, -0.2) is 6.57 Å². The summed E-state index contributed by atoms with van der Waals surface area (Å²) < 4.78 is 0. The largest absolute Gasteiger partial charge is 0.310 e. The van der Waals surface area contributed by atoms with E-state index in [4.69, 9.17) is 6.57 Å². The fraction of sp³-hybridized carbons (Fsp3) is 0.545. The number of nitrogens with zero attached hydrogens (tertiary/aromatic N) is 1. The lowest BCUT2D eigenvalue weighted by atomic mass is 9.94. The average Bonchev–Trinajstić information content (AvgIpc) is 2.02. The van der Waals surface area contributed by atoms with E-state index >= 15 is 0 Å². The van der Waals surface area contributed by atoms with Crippen LogP contribution in [0.1, 0.15) is 33.6 Å². The first-order valence-corrected chi connectivity index (χ1v) is 4.17. The quantitative estimate of drug-likeness (QED) is 0.440. The minimum absolute atomic E-state index is 0.279. The van der Waals surface area contributed by atoms with Crippen molar-refractivity contribution < 1.29 is 0 Å². The Labute approximate surface area is 75.6 Å². The lowest BCUT2D eigenvalue weighted by Crippen LogP contribution is -2.17. The molecule has 0 aromatic rings. The second kappa shape index (κ2) is 4.77. The highest BCUT2D eigenvalue weighted by Crippen LogP contribution is 2.21. The van der Waals surface area contributed by atoms with Crippen molar-refractivity contribution in [3.63, 3.8) is 0 Å². The van der Waals surface area contributed by atoms with Crippen LogP contribution in [-0.4, -0.2) is 5.54 Å². The van der Waals surface area contributed by atoms with E-state index in [1.54, 1.807) is 0 Å². The molecule has 0 aliphatic carbocycles. The van der Waals surface area contributed by atoms with Crippen LogP contribution in [0.5, 0.6) is 0 Å². The van der Waals surface area contributed by atoms with Crippen molar-refractivity contribution in [2.45, 2.75) is 39.2 Å². The van der Waals surface area contributed by atoms with Gasteiger partial charge in [0.1, 0.15) is 0 Å². The van der Waals surface area contributed by atoms with Gasteiger partial charge in [-0.3, -0.25) is 0 Å². The number of hydrogen-bond acceptors (Lipinski definition) is 0. The van der Waals surface area contributed by atoms with Crippen LogP contribution >= 0.6 is 0 Å². The van der Waals surface area contributed by atoms with Crippen molar-refractivity contribution in [1.29, 1.82) is 0 Å². The molecule has 0 N–H and O–H groups in total. The van der Waals surface area contributed by atoms with Gasteiger partial charge < -0.3 is 4.85 Å². The number of allylic oxidation sites excluding steroid dienone is 1. The van der Waals surface area contributed by atoms with E-state index in [9.17, 15) is 0 Å². The van der Waals surface area contributed by atoms with Crippen molar-refractivity contribution >= 4 is 0 Å². The third-order valence-electron chi connectivity index (χ3n) is 1.80. The fourth-order valence-electron chi connectivity index (χ4n) is 0.910. The van der Waals surface area contributed by atoms with Gasteiger partial charge in [0.05, 0.1) is 0 Å². The highest BCUT2D eigenvalue weighted by Gasteiger charge is 2.26. The van der Waals surface area contributed by atoms with Gasteiger partial charge in [0.25, 0.3) is 0 Å². The zero-order valence-electron chi connectivity index (χ0n) is 8.22. The van der Waals surface area contributed by atoms with Crippen LogP contribution in [0, 0.1) is 6.57 Å². The molecule has 0 rings (SSSR count). The molecule has 1 nitrogen and oxygen atoms in total. The third-order valence-corrected chi connectivity index (χ3v) is 1.80. The monoisotopic (exact) mass is 163 g/mol. The SMILES string of the molecule is [C-]#[N+]C(C)(CC=C)CC=C(C)C. The molecule has 0 aromatic carbocycles. The van der Waals surface area contributed by atoms with E-state index in [2.05, 4.69) is 31.3 Å². The normalized spacial score (nSPS) is 14.2. The molecule has 0 aliphatic rings. The fourth-order valence-corrected chi connectivity index (χ4v) is 0.910. The lowest BCUT2D eigenvalue weighted by molar-refractivity contribution is 0.568. The molecule has 0 aromatic heterocycles. The van der Waals surface area contributed by atoms with E-state index in [0.29, 0.717) is 0 Å². The van der Waals surface area contributed by atoms with E-state index in [0.717, 1.165) is 12.8 Å². The van der Waals surface area contributed by atoms with Gasteiger partial charge in [-0.05, 0) is 13.8 Å². The van der Waals surface area contributed by atoms with Crippen molar-refractivity contribution in [3.05, 3.63) is 35.7 Å². The maximum Gasteiger partial charge on any atom is 0.236 e. The Hall–Kier alpha value is -1.03. The second-order valence-corrected chi connectivity index (χ2v) is 3.59. The summed E-state index contributed by atoms with van der Waals surface area (Å²) in [7, 11) is 0. The predicted octanol–water partition coefficient (Wildman–Crippen LogP) is 3.60. The predicted molar refractivity (Wildman–Crippen MR) is 53.9 cm³/mol. The van der Waals surface area contributed by atoms with E-state index in [1.807, 2.05) is 13.0 Å². The van der Waals surface area contributed by atoms with Gasteiger partial charge in [0, 0.05) is 19.8 Å². The van der Waals surface area contributed by atoms with Crippen molar-refractivity contribution in [2.24, 2.45) is 0 Å². The molecule has 0 saturated heterocycles. The first-order valence-electron chi connectivity index (χ1n) is 4.17. The lowest BCUT2D eigenvalue weighted by Gasteiger charge is -2.12. The van der Waals surface area contributed by atoms with E-state index in [1.165, 1.54) is 5.57 Å². The number of rotatable bonds is 4. The molecule has 0 amide bonds. The average molecular weight is 163 g/mol. The van der Waals surface area contributed by atoms with E-state index in [-0.39, 0.29) is 5.54 Å². The molecule has 0 bridgehead atoms. The summed E-state index contributed by atoms with van der Waals surface area (Å²) in [6, 6.07) is 0. The molecule has 0 aliphatic heterocycles. The molecule has 0 radical (unpaired) electrons. The van der Waals surface area contributed by atoms with Crippen LogP contribution in [0.3, 0.4) is 0 Å². The molecule has 66 valence electrons. The van der Waals surface area contributed by atoms with Crippen molar-refractivity contribution in [2.75, 3.05) is 0 Å². The molecular formula is C11H17N. The Morgan fingerprint density at radius 3 is 2.42 bits per heavy atom. The maximum atomic E-state index is 7.05. The minimum atomic E-state index is -0.279. The van der Waals surface area contributed by atoms with E-state index < -0.39 is 0 Å². The second-order valence-electron chi connectivity index (χ2n) is 3.59. The molecule has 12 heavy (non-hydrogen) atoms. The minimum Gasteiger partial charge on any atom is -0.310 e. The Kier molecular flexibility index (Phi) is 4.36. The van der Waals surface area contributed by atoms with Crippen molar-refractivity contribution in [1.82, 2.24) is 0 Å². The molecule has 1 heteroatoms. The van der Waals surface area contributed by atoms with Gasteiger partial charge in [-0.2, -0.15) is 0 Å². The van der Waals surface area contributed by atoms with Crippen LogP contribution in [0.2, 0.25) is 0 Å². The van der Waals surface area contributed by atoms with Crippen molar-refractivity contribution in [3.8, 4) is 0 Å². The third kappa shape index (κ3) is 3.98. The summed E-state index contributed by atoms with van der Waals surface area (Å²) >= 11 is 0. The summed E-state index contributed by atoms with van der Waals surface area (Å²) in [4.78, 5) is 3.62. The summed E-state index contributed by atoms with van der Waals surface area (Å²) in [5.74, 6) is 0. The topological polar surface area (TPSA) is 4.36 Å². The Bertz CT molecular complexity index is 216. The summed E-state index contributed by atoms with van der Waals surface area (Å²) in [5, 5.41) is 0. The van der Waals surface area contributed by atoms with Gasteiger partial charge in [-0.1, -0.05) is 17.7 Å². The molecule has 0 saturated carbocycles. The first kappa shape index (κ1) is 11.0. The van der Waals surface area contributed by atoms with Crippen LogP contribution in [-0.2, 0) is 0 Å². The summed E-state index contributed by atoms with van der Waals surface area (Å²) in [5.41, 5.74) is 0.993. The van der Waals surface area contributed by atoms with Crippen LogP contribution in [0.25, 0.3) is 4.85 Å². The highest BCUT2D eigenvalue weighted by atomic mass is 14.8. The first-order chi connectivity index (χ1) is 5.54. The zero-order chi connectivity index (χ0) is 9.61. The Morgan fingerprint density at radius 2 is 2.08 bits per heavy atom. The smallest absolute Gasteiger partial charge is 0.236 e. The molecule has 0 spiro atoms. The molecular weight excluding hydrogens is 146 g/mol.